The molecule has 6 heteroatoms. The molecular formula is C25H27N3O2S. The third-order valence-corrected chi connectivity index (χ3v) is 6.88. The van der Waals surface area contributed by atoms with Crippen LogP contribution < -0.4 is 10.2 Å². The molecule has 0 radical (unpaired) electrons. The number of hydrogen-bond donors (Lipinski definition) is 1. The van der Waals surface area contributed by atoms with Gasteiger partial charge in [-0.05, 0) is 31.5 Å². The summed E-state index contributed by atoms with van der Waals surface area (Å²) in [4.78, 5) is 31.4. The number of benzene rings is 2. The normalized spacial score (nSPS) is 14.5. The van der Waals surface area contributed by atoms with Crippen molar-refractivity contribution in [2.75, 3.05) is 42.9 Å². The number of hydrogen-bond acceptors (Lipinski definition) is 5. The molecule has 5 nitrogen and oxygen atoms in total. The van der Waals surface area contributed by atoms with Crippen LogP contribution in [0.5, 0.6) is 0 Å². The second-order valence-electron chi connectivity index (χ2n) is 7.83. The van der Waals surface area contributed by atoms with Crippen molar-refractivity contribution in [2.24, 2.45) is 0 Å². The minimum Gasteiger partial charge on any atom is -0.369 e. The number of carbonyl (C=O) groups is 2. The molecule has 160 valence electrons. The van der Waals surface area contributed by atoms with E-state index in [4.69, 9.17) is 0 Å². The predicted molar refractivity (Wildman–Crippen MR) is 127 cm³/mol. The Kier molecular flexibility index (Phi) is 6.49. The van der Waals surface area contributed by atoms with Crippen molar-refractivity contribution in [3.8, 4) is 0 Å². The molecule has 2 heterocycles. The molecule has 0 spiro atoms. The van der Waals surface area contributed by atoms with Crippen LogP contribution in [0.25, 0.3) is 0 Å². The van der Waals surface area contributed by atoms with Gasteiger partial charge in [-0.15, -0.1) is 11.3 Å². The highest BCUT2D eigenvalue weighted by Crippen LogP contribution is 2.34. The van der Waals surface area contributed by atoms with Crippen molar-refractivity contribution in [1.82, 2.24) is 4.90 Å². The van der Waals surface area contributed by atoms with Gasteiger partial charge < -0.3 is 10.2 Å². The number of piperazine rings is 1. The number of aryl methyl sites for hydroxylation is 1. The summed E-state index contributed by atoms with van der Waals surface area (Å²) >= 11 is 1.47. The highest BCUT2D eigenvalue weighted by atomic mass is 32.1. The van der Waals surface area contributed by atoms with Gasteiger partial charge >= 0.3 is 0 Å². The van der Waals surface area contributed by atoms with Crippen LogP contribution in [-0.4, -0.2) is 49.3 Å². The molecule has 0 saturated carbocycles. The number of thiophene rings is 1. The second kappa shape index (κ2) is 9.45. The Morgan fingerprint density at radius 3 is 2.16 bits per heavy atom. The quantitative estimate of drug-likeness (QED) is 0.587. The third kappa shape index (κ3) is 4.86. The lowest BCUT2D eigenvalue weighted by atomic mass is 10.0. The number of ketones is 1. The molecule has 4 rings (SSSR count). The van der Waals surface area contributed by atoms with E-state index in [-0.39, 0.29) is 11.7 Å². The number of nitrogens with one attached hydrogen (secondary N) is 1. The minimum absolute atomic E-state index is 0.0470. The summed E-state index contributed by atoms with van der Waals surface area (Å²) in [6.07, 6.45) is 0. The van der Waals surface area contributed by atoms with E-state index >= 15 is 0 Å². The van der Waals surface area contributed by atoms with Crippen molar-refractivity contribution >= 4 is 33.7 Å². The Morgan fingerprint density at radius 1 is 0.903 bits per heavy atom. The molecule has 1 saturated heterocycles. The summed E-state index contributed by atoms with van der Waals surface area (Å²) in [5.74, 6) is -0.120. The number of rotatable bonds is 6. The summed E-state index contributed by atoms with van der Waals surface area (Å²) in [6.45, 7) is 7.72. The van der Waals surface area contributed by atoms with Crippen LogP contribution in [0.2, 0.25) is 0 Å². The zero-order chi connectivity index (χ0) is 21.8. The van der Waals surface area contributed by atoms with Crippen molar-refractivity contribution < 1.29 is 9.59 Å². The van der Waals surface area contributed by atoms with E-state index in [1.165, 1.54) is 17.0 Å². The molecule has 31 heavy (non-hydrogen) atoms. The van der Waals surface area contributed by atoms with Gasteiger partial charge in [-0.1, -0.05) is 48.5 Å². The largest absolute Gasteiger partial charge is 0.369 e. The molecule has 1 aliphatic rings. The van der Waals surface area contributed by atoms with Gasteiger partial charge in [0.25, 0.3) is 0 Å². The van der Waals surface area contributed by atoms with Crippen LogP contribution >= 0.6 is 11.3 Å². The van der Waals surface area contributed by atoms with Gasteiger partial charge in [0.2, 0.25) is 5.91 Å². The lowest BCUT2D eigenvalue weighted by Gasteiger charge is -2.35. The summed E-state index contributed by atoms with van der Waals surface area (Å²) in [5, 5.41) is 3.67. The van der Waals surface area contributed by atoms with Crippen molar-refractivity contribution in [1.29, 1.82) is 0 Å². The molecule has 1 aromatic heterocycles. The SMILES string of the molecule is Cc1sc(NC(=O)CN2CCN(c3ccccc3)CC2)c(C(=O)c2ccccc2)c1C. The van der Waals surface area contributed by atoms with E-state index in [0.29, 0.717) is 22.7 Å². The van der Waals surface area contributed by atoms with Crippen molar-refractivity contribution in [3.63, 3.8) is 0 Å². The minimum atomic E-state index is -0.0727. The van der Waals surface area contributed by atoms with Gasteiger partial charge in [-0.3, -0.25) is 14.5 Å². The number of amides is 1. The molecule has 0 aliphatic carbocycles. The van der Waals surface area contributed by atoms with E-state index < -0.39 is 0 Å². The molecule has 0 unspecified atom stereocenters. The topological polar surface area (TPSA) is 52.7 Å². The Morgan fingerprint density at radius 2 is 1.52 bits per heavy atom. The number of carbonyl (C=O) groups excluding carboxylic acids is 2. The third-order valence-electron chi connectivity index (χ3n) is 5.76. The smallest absolute Gasteiger partial charge is 0.239 e. The second-order valence-corrected chi connectivity index (χ2v) is 9.05. The number of para-hydroxylation sites is 1. The van der Waals surface area contributed by atoms with Gasteiger partial charge in [0.1, 0.15) is 5.00 Å². The highest BCUT2D eigenvalue weighted by molar-refractivity contribution is 7.16. The van der Waals surface area contributed by atoms with E-state index in [1.54, 1.807) is 0 Å². The summed E-state index contributed by atoms with van der Waals surface area (Å²) in [7, 11) is 0. The molecular weight excluding hydrogens is 406 g/mol. The fourth-order valence-electron chi connectivity index (χ4n) is 3.89. The maximum atomic E-state index is 13.1. The average Bonchev–Trinajstić information content (AvgIpc) is 3.07. The van der Waals surface area contributed by atoms with Crippen LogP contribution in [-0.2, 0) is 4.79 Å². The van der Waals surface area contributed by atoms with Gasteiger partial charge in [0.05, 0.1) is 12.1 Å². The van der Waals surface area contributed by atoms with Crippen LogP contribution in [0, 0.1) is 13.8 Å². The van der Waals surface area contributed by atoms with Crippen LogP contribution in [0.15, 0.2) is 60.7 Å². The van der Waals surface area contributed by atoms with E-state index in [0.717, 1.165) is 36.6 Å². The first kappa shape index (κ1) is 21.3. The van der Waals surface area contributed by atoms with E-state index in [2.05, 4.69) is 39.4 Å². The molecule has 0 atom stereocenters. The molecule has 3 aromatic rings. The fourth-order valence-corrected chi connectivity index (χ4v) is 4.97. The molecule has 1 fully saturated rings. The van der Waals surface area contributed by atoms with Crippen LogP contribution in [0.4, 0.5) is 10.7 Å². The Hall–Kier alpha value is -2.96. The maximum Gasteiger partial charge on any atom is 0.239 e. The molecule has 0 bridgehead atoms. The van der Waals surface area contributed by atoms with Gasteiger partial charge in [-0.25, -0.2) is 0 Å². The van der Waals surface area contributed by atoms with Gasteiger partial charge in [0, 0.05) is 42.3 Å². The monoisotopic (exact) mass is 433 g/mol. The molecule has 1 N–H and O–H groups in total. The van der Waals surface area contributed by atoms with Gasteiger partial charge in [0.15, 0.2) is 5.78 Å². The number of nitrogens with zero attached hydrogens (tertiary/aromatic N) is 2. The lowest BCUT2D eigenvalue weighted by molar-refractivity contribution is -0.117. The fraction of sp³-hybridized carbons (Fsp3) is 0.280. The zero-order valence-electron chi connectivity index (χ0n) is 17.9. The molecule has 1 amide bonds. The van der Waals surface area contributed by atoms with E-state index in [1.807, 2.05) is 50.2 Å². The highest BCUT2D eigenvalue weighted by Gasteiger charge is 2.24. The summed E-state index contributed by atoms with van der Waals surface area (Å²) < 4.78 is 0. The van der Waals surface area contributed by atoms with Gasteiger partial charge in [-0.2, -0.15) is 0 Å². The Bertz CT molecular complexity index is 1060. The van der Waals surface area contributed by atoms with Crippen molar-refractivity contribution in [3.05, 3.63) is 82.2 Å². The summed E-state index contributed by atoms with van der Waals surface area (Å²) in [6, 6.07) is 19.6. The first-order valence-corrected chi connectivity index (χ1v) is 11.4. The Balaban J connectivity index is 1.39. The number of anilines is 2. The van der Waals surface area contributed by atoms with E-state index in [9.17, 15) is 9.59 Å². The first-order chi connectivity index (χ1) is 15.0. The maximum absolute atomic E-state index is 13.1. The average molecular weight is 434 g/mol. The summed E-state index contributed by atoms with van der Waals surface area (Å²) in [5.41, 5.74) is 3.40. The van der Waals surface area contributed by atoms with Crippen molar-refractivity contribution in [2.45, 2.75) is 13.8 Å². The molecule has 2 aromatic carbocycles. The van der Waals surface area contributed by atoms with Crippen LogP contribution in [0.3, 0.4) is 0 Å². The standard InChI is InChI=1S/C25H27N3O2S/c1-18-19(2)31-25(23(18)24(30)20-9-5-3-6-10-20)26-22(29)17-27-13-15-28(16-14-27)21-11-7-4-8-12-21/h3-12H,13-17H2,1-2H3,(H,26,29). The Labute approximate surface area is 187 Å². The lowest BCUT2D eigenvalue weighted by Crippen LogP contribution is -2.48. The van der Waals surface area contributed by atoms with Crippen LogP contribution in [0.1, 0.15) is 26.4 Å². The zero-order valence-corrected chi connectivity index (χ0v) is 18.7. The predicted octanol–water partition coefficient (Wildman–Crippen LogP) is 4.36. The first-order valence-electron chi connectivity index (χ1n) is 10.5. The molecule has 1 aliphatic heterocycles.